The minimum Gasteiger partial charge on any atom is -0.382 e. The molecule has 1 atom stereocenters. The molecule has 1 aromatic rings. The minimum atomic E-state index is -3.38. The second-order valence-electron chi connectivity index (χ2n) is 7.04. The summed E-state index contributed by atoms with van der Waals surface area (Å²) < 4.78 is 37.6. The molecular formula is C19H33N3O4S. The molecule has 2 rings (SSSR count). The normalized spacial score (nSPS) is 17.9. The number of benzene rings is 1. The monoisotopic (exact) mass is 399 g/mol. The molecule has 27 heavy (non-hydrogen) atoms. The Kier molecular flexibility index (Phi) is 9.14. The van der Waals surface area contributed by atoms with E-state index in [2.05, 4.69) is 52.8 Å². The van der Waals surface area contributed by atoms with Gasteiger partial charge in [-0.2, -0.15) is 0 Å². The Morgan fingerprint density at radius 2 is 1.74 bits per heavy atom. The molecule has 0 spiro atoms. The maximum absolute atomic E-state index is 12.3. The highest BCUT2D eigenvalue weighted by atomic mass is 32.2. The summed E-state index contributed by atoms with van der Waals surface area (Å²) in [6.07, 6.45) is 0. The standard InChI is InChI=1S/C19H33N3O4S/c1-17-4-6-18(7-5-17)19(22-10-8-21(2)9-11-22)16-20-27(23,24)15-14-26-13-12-25-3/h4-7,19-20H,8-16H2,1-3H3. The minimum absolute atomic E-state index is 0.0310. The quantitative estimate of drug-likeness (QED) is 0.557. The molecule has 1 heterocycles. The average molecular weight is 400 g/mol. The first-order chi connectivity index (χ1) is 12.9. The van der Waals surface area contributed by atoms with E-state index in [-0.39, 0.29) is 18.4 Å². The predicted octanol–water partition coefficient (Wildman–Crippen LogP) is 0.866. The molecule has 0 bridgehead atoms. The van der Waals surface area contributed by atoms with Gasteiger partial charge in [0.05, 0.1) is 25.6 Å². The van der Waals surface area contributed by atoms with E-state index in [0.717, 1.165) is 31.7 Å². The zero-order chi connectivity index (χ0) is 19.7. The smallest absolute Gasteiger partial charge is 0.213 e. The number of sulfonamides is 1. The maximum Gasteiger partial charge on any atom is 0.213 e. The van der Waals surface area contributed by atoms with E-state index in [1.54, 1.807) is 7.11 Å². The molecule has 0 amide bonds. The number of nitrogens with one attached hydrogen (secondary N) is 1. The molecule has 1 unspecified atom stereocenters. The van der Waals surface area contributed by atoms with Crippen LogP contribution in [0.1, 0.15) is 17.2 Å². The lowest BCUT2D eigenvalue weighted by molar-refractivity contribution is 0.0784. The molecule has 7 nitrogen and oxygen atoms in total. The van der Waals surface area contributed by atoms with E-state index >= 15 is 0 Å². The van der Waals surface area contributed by atoms with Crippen LogP contribution in [-0.2, 0) is 19.5 Å². The van der Waals surface area contributed by atoms with Gasteiger partial charge in [0.2, 0.25) is 10.0 Å². The molecule has 0 saturated carbocycles. The van der Waals surface area contributed by atoms with Gasteiger partial charge in [0.1, 0.15) is 0 Å². The summed E-state index contributed by atoms with van der Waals surface area (Å²) in [5, 5.41) is 0. The number of aryl methyl sites for hydroxylation is 1. The van der Waals surface area contributed by atoms with E-state index in [1.807, 2.05) is 0 Å². The fraction of sp³-hybridized carbons (Fsp3) is 0.684. The molecule has 0 radical (unpaired) electrons. The molecule has 154 valence electrons. The van der Waals surface area contributed by atoms with Gasteiger partial charge in [-0.1, -0.05) is 29.8 Å². The van der Waals surface area contributed by atoms with Crippen molar-refractivity contribution in [1.29, 1.82) is 0 Å². The first kappa shape index (κ1) is 22.3. The maximum atomic E-state index is 12.3. The van der Waals surface area contributed by atoms with Crippen LogP contribution in [0.2, 0.25) is 0 Å². The van der Waals surface area contributed by atoms with Crippen LogP contribution in [0.4, 0.5) is 0 Å². The van der Waals surface area contributed by atoms with Gasteiger partial charge in [0.15, 0.2) is 0 Å². The third-order valence-electron chi connectivity index (χ3n) is 4.87. The molecule has 1 N–H and O–H groups in total. The number of hydrogen-bond donors (Lipinski definition) is 1. The van der Waals surface area contributed by atoms with Crippen LogP contribution >= 0.6 is 0 Å². The summed E-state index contributed by atoms with van der Waals surface area (Å²) >= 11 is 0. The van der Waals surface area contributed by atoms with E-state index in [0.29, 0.717) is 19.8 Å². The van der Waals surface area contributed by atoms with Crippen molar-refractivity contribution in [2.75, 3.05) is 72.5 Å². The number of hydrogen-bond acceptors (Lipinski definition) is 6. The third-order valence-corrected chi connectivity index (χ3v) is 6.18. The Hall–Kier alpha value is -1.03. The van der Waals surface area contributed by atoms with Gasteiger partial charge < -0.3 is 14.4 Å². The van der Waals surface area contributed by atoms with Crippen molar-refractivity contribution in [2.24, 2.45) is 0 Å². The van der Waals surface area contributed by atoms with Crippen molar-refractivity contribution < 1.29 is 17.9 Å². The SMILES string of the molecule is COCCOCCS(=O)(=O)NCC(c1ccc(C)cc1)N1CCN(C)CC1. The number of nitrogens with zero attached hydrogens (tertiary/aromatic N) is 2. The summed E-state index contributed by atoms with van der Waals surface area (Å²) in [6.45, 7) is 7.29. The highest BCUT2D eigenvalue weighted by molar-refractivity contribution is 7.89. The van der Waals surface area contributed by atoms with Gasteiger partial charge in [0.25, 0.3) is 0 Å². The van der Waals surface area contributed by atoms with Crippen LogP contribution in [-0.4, -0.2) is 90.7 Å². The first-order valence-electron chi connectivity index (χ1n) is 9.44. The molecule has 1 aliphatic rings. The molecule has 8 heteroatoms. The van der Waals surface area contributed by atoms with Crippen LogP contribution < -0.4 is 4.72 Å². The van der Waals surface area contributed by atoms with Crippen LogP contribution in [0, 0.1) is 6.92 Å². The fourth-order valence-electron chi connectivity index (χ4n) is 3.07. The second kappa shape index (κ2) is 11.1. The molecule has 1 aromatic carbocycles. The summed E-state index contributed by atoms with van der Waals surface area (Å²) in [4.78, 5) is 4.66. The Balaban J connectivity index is 1.96. The van der Waals surface area contributed by atoms with Crippen molar-refractivity contribution in [3.63, 3.8) is 0 Å². The van der Waals surface area contributed by atoms with Crippen LogP contribution in [0.25, 0.3) is 0 Å². The highest BCUT2D eigenvalue weighted by Gasteiger charge is 2.25. The van der Waals surface area contributed by atoms with Gasteiger partial charge in [-0.25, -0.2) is 13.1 Å². The van der Waals surface area contributed by atoms with Crippen LogP contribution in [0.5, 0.6) is 0 Å². The zero-order valence-corrected chi connectivity index (χ0v) is 17.5. The van der Waals surface area contributed by atoms with Crippen molar-refractivity contribution in [1.82, 2.24) is 14.5 Å². The third kappa shape index (κ3) is 7.85. The highest BCUT2D eigenvalue weighted by Crippen LogP contribution is 2.22. The number of rotatable bonds is 11. The zero-order valence-electron chi connectivity index (χ0n) is 16.7. The van der Waals surface area contributed by atoms with E-state index in [9.17, 15) is 8.42 Å². The van der Waals surface area contributed by atoms with E-state index in [4.69, 9.17) is 9.47 Å². The Morgan fingerprint density at radius 1 is 1.07 bits per heavy atom. The lowest BCUT2D eigenvalue weighted by Crippen LogP contribution is -2.48. The van der Waals surface area contributed by atoms with Gasteiger partial charge in [-0.3, -0.25) is 4.90 Å². The topological polar surface area (TPSA) is 71.1 Å². The molecule has 1 aliphatic heterocycles. The lowest BCUT2D eigenvalue weighted by atomic mass is 10.0. The number of methoxy groups -OCH3 is 1. The number of likely N-dealkylation sites (N-methyl/N-ethyl adjacent to an activating group) is 1. The molecule has 1 saturated heterocycles. The lowest BCUT2D eigenvalue weighted by Gasteiger charge is -2.38. The Labute approximate surface area is 163 Å². The van der Waals surface area contributed by atoms with Gasteiger partial charge >= 0.3 is 0 Å². The predicted molar refractivity (Wildman–Crippen MR) is 107 cm³/mol. The molecular weight excluding hydrogens is 366 g/mol. The summed E-state index contributed by atoms with van der Waals surface area (Å²) in [5.41, 5.74) is 2.34. The fourth-order valence-corrected chi connectivity index (χ4v) is 3.96. The Morgan fingerprint density at radius 3 is 2.37 bits per heavy atom. The molecule has 0 aromatic heterocycles. The van der Waals surface area contributed by atoms with Crippen molar-refractivity contribution in [3.8, 4) is 0 Å². The van der Waals surface area contributed by atoms with Crippen molar-refractivity contribution >= 4 is 10.0 Å². The summed E-state index contributed by atoms with van der Waals surface area (Å²) in [7, 11) is 0.322. The molecule has 0 aliphatic carbocycles. The molecule has 1 fully saturated rings. The van der Waals surface area contributed by atoms with E-state index in [1.165, 1.54) is 5.56 Å². The van der Waals surface area contributed by atoms with Crippen LogP contribution in [0.15, 0.2) is 24.3 Å². The van der Waals surface area contributed by atoms with E-state index < -0.39 is 10.0 Å². The van der Waals surface area contributed by atoms with Crippen molar-refractivity contribution in [2.45, 2.75) is 13.0 Å². The largest absolute Gasteiger partial charge is 0.382 e. The van der Waals surface area contributed by atoms with Gasteiger partial charge in [0, 0.05) is 45.9 Å². The first-order valence-corrected chi connectivity index (χ1v) is 11.1. The van der Waals surface area contributed by atoms with Crippen molar-refractivity contribution in [3.05, 3.63) is 35.4 Å². The second-order valence-corrected chi connectivity index (χ2v) is 8.96. The summed E-state index contributed by atoms with van der Waals surface area (Å²) in [5.74, 6) is -0.0416. The van der Waals surface area contributed by atoms with Gasteiger partial charge in [-0.05, 0) is 19.5 Å². The van der Waals surface area contributed by atoms with Crippen LogP contribution in [0.3, 0.4) is 0 Å². The number of piperazine rings is 1. The summed E-state index contributed by atoms with van der Waals surface area (Å²) in [6, 6.07) is 8.39. The average Bonchev–Trinajstić information content (AvgIpc) is 2.64. The number of ether oxygens (including phenoxy) is 2. The van der Waals surface area contributed by atoms with Gasteiger partial charge in [-0.15, -0.1) is 0 Å². The Bertz CT molecular complexity index is 643.